The monoisotopic (exact) mass is 283 g/mol. The van der Waals surface area contributed by atoms with E-state index in [0.717, 1.165) is 12.1 Å². The SMILES string of the molecule is CCNCc1cc(F)c(OCc2ccsc2)c(F)c1. The summed E-state index contributed by atoms with van der Waals surface area (Å²) in [4.78, 5) is 0. The van der Waals surface area contributed by atoms with E-state index in [4.69, 9.17) is 4.74 Å². The maximum absolute atomic E-state index is 13.8. The van der Waals surface area contributed by atoms with E-state index in [1.165, 1.54) is 23.5 Å². The first-order chi connectivity index (χ1) is 9.20. The van der Waals surface area contributed by atoms with E-state index in [2.05, 4.69) is 5.32 Å². The van der Waals surface area contributed by atoms with Crippen LogP contribution in [0.15, 0.2) is 29.0 Å². The second kappa shape index (κ2) is 6.63. The minimum absolute atomic E-state index is 0.171. The van der Waals surface area contributed by atoms with Gasteiger partial charge in [-0.15, -0.1) is 0 Å². The first kappa shape index (κ1) is 14.0. The van der Waals surface area contributed by atoms with Gasteiger partial charge in [0, 0.05) is 6.54 Å². The molecule has 1 heterocycles. The lowest BCUT2D eigenvalue weighted by molar-refractivity contribution is 0.274. The van der Waals surface area contributed by atoms with Crippen LogP contribution in [0.1, 0.15) is 18.1 Å². The lowest BCUT2D eigenvalue weighted by Gasteiger charge is -2.10. The summed E-state index contributed by atoms with van der Waals surface area (Å²) >= 11 is 1.52. The van der Waals surface area contributed by atoms with Gasteiger partial charge in [-0.1, -0.05) is 6.92 Å². The number of nitrogens with one attached hydrogen (secondary N) is 1. The molecule has 0 saturated carbocycles. The Bertz CT molecular complexity index is 505. The number of rotatable bonds is 6. The van der Waals surface area contributed by atoms with Crippen molar-refractivity contribution in [2.45, 2.75) is 20.1 Å². The third kappa shape index (κ3) is 3.75. The summed E-state index contributed by atoms with van der Waals surface area (Å²) in [6.07, 6.45) is 0. The molecule has 5 heteroatoms. The Labute approximate surface area is 115 Å². The van der Waals surface area contributed by atoms with Crippen LogP contribution in [0, 0.1) is 11.6 Å². The maximum Gasteiger partial charge on any atom is 0.191 e. The molecule has 2 aromatic rings. The van der Waals surface area contributed by atoms with Crippen LogP contribution in [-0.4, -0.2) is 6.54 Å². The van der Waals surface area contributed by atoms with Crippen molar-refractivity contribution in [1.82, 2.24) is 5.32 Å². The zero-order chi connectivity index (χ0) is 13.7. The molecule has 1 aromatic carbocycles. The molecule has 0 radical (unpaired) electrons. The minimum atomic E-state index is -0.664. The van der Waals surface area contributed by atoms with E-state index in [-0.39, 0.29) is 12.4 Å². The van der Waals surface area contributed by atoms with Gasteiger partial charge in [0.25, 0.3) is 0 Å². The molecule has 0 fully saturated rings. The van der Waals surface area contributed by atoms with Crippen molar-refractivity contribution in [3.05, 3.63) is 51.7 Å². The van der Waals surface area contributed by atoms with Crippen LogP contribution in [0.4, 0.5) is 8.78 Å². The van der Waals surface area contributed by atoms with Gasteiger partial charge in [-0.2, -0.15) is 11.3 Å². The molecule has 0 amide bonds. The third-order valence-corrected chi connectivity index (χ3v) is 3.33. The van der Waals surface area contributed by atoms with Gasteiger partial charge in [-0.3, -0.25) is 0 Å². The Morgan fingerprint density at radius 2 is 1.95 bits per heavy atom. The Kier molecular flexibility index (Phi) is 4.87. The summed E-state index contributed by atoms with van der Waals surface area (Å²) in [6.45, 7) is 3.30. The molecule has 0 atom stereocenters. The lowest BCUT2D eigenvalue weighted by Crippen LogP contribution is -2.12. The van der Waals surface area contributed by atoms with Crippen molar-refractivity contribution in [2.75, 3.05) is 6.54 Å². The van der Waals surface area contributed by atoms with Crippen molar-refractivity contribution < 1.29 is 13.5 Å². The average molecular weight is 283 g/mol. The molecular formula is C14H15F2NOS. The molecule has 2 nitrogen and oxygen atoms in total. The Morgan fingerprint density at radius 1 is 1.21 bits per heavy atom. The highest BCUT2D eigenvalue weighted by Gasteiger charge is 2.12. The van der Waals surface area contributed by atoms with Gasteiger partial charge >= 0.3 is 0 Å². The number of benzene rings is 1. The molecule has 102 valence electrons. The smallest absolute Gasteiger partial charge is 0.191 e. The fraction of sp³-hybridized carbons (Fsp3) is 0.286. The van der Waals surface area contributed by atoms with E-state index in [0.29, 0.717) is 12.1 Å². The summed E-state index contributed by atoms with van der Waals surface area (Å²) in [5.41, 5.74) is 1.47. The predicted molar refractivity (Wildman–Crippen MR) is 72.4 cm³/mol. The molecule has 19 heavy (non-hydrogen) atoms. The van der Waals surface area contributed by atoms with Crippen LogP contribution >= 0.6 is 11.3 Å². The highest BCUT2D eigenvalue weighted by Crippen LogP contribution is 2.24. The first-order valence-corrected chi connectivity index (χ1v) is 6.97. The van der Waals surface area contributed by atoms with Gasteiger partial charge < -0.3 is 10.1 Å². The van der Waals surface area contributed by atoms with Gasteiger partial charge in [-0.05, 0) is 46.6 Å². The third-order valence-electron chi connectivity index (χ3n) is 2.60. The molecule has 0 aliphatic rings. The normalized spacial score (nSPS) is 10.7. The van der Waals surface area contributed by atoms with E-state index in [1.54, 1.807) is 0 Å². The zero-order valence-corrected chi connectivity index (χ0v) is 11.4. The molecule has 0 spiro atoms. The minimum Gasteiger partial charge on any atom is -0.483 e. The Hall–Kier alpha value is -1.46. The second-order valence-corrected chi connectivity index (χ2v) is 4.87. The van der Waals surface area contributed by atoms with Crippen molar-refractivity contribution in [3.8, 4) is 5.75 Å². The summed E-state index contributed by atoms with van der Waals surface area (Å²) in [5, 5.41) is 6.80. The van der Waals surface area contributed by atoms with Gasteiger partial charge in [0.2, 0.25) is 0 Å². The van der Waals surface area contributed by atoms with E-state index in [9.17, 15) is 8.78 Å². The Morgan fingerprint density at radius 3 is 2.53 bits per heavy atom. The van der Waals surface area contributed by atoms with Crippen LogP contribution in [0.3, 0.4) is 0 Å². The summed E-state index contributed by atoms with van der Waals surface area (Å²) < 4.78 is 32.8. The van der Waals surface area contributed by atoms with Gasteiger partial charge in [0.15, 0.2) is 17.4 Å². The molecule has 0 unspecified atom stereocenters. The molecule has 0 aliphatic carbocycles. The standard InChI is InChI=1S/C14H15F2NOS/c1-2-17-7-11-5-12(15)14(13(16)6-11)18-8-10-3-4-19-9-10/h3-6,9,17H,2,7-8H2,1H3. The van der Waals surface area contributed by atoms with Crippen LogP contribution < -0.4 is 10.1 Å². The summed E-state index contributed by atoms with van der Waals surface area (Å²) in [5.74, 6) is -1.64. The topological polar surface area (TPSA) is 21.3 Å². The van der Waals surface area contributed by atoms with Crippen molar-refractivity contribution in [3.63, 3.8) is 0 Å². The van der Waals surface area contributed by atoms with Crippen LogP contribution in [0.5, 0.6) is 5.75 Å². The van der Waals surface area contributed by atoms with Gasteiger partial charge in [-0.25, -0.2) is 8.78 Å². The fourth-order valence-electron chi connectivity index (χ4n) is 1.65. The zero-order valence-electron chi connectivity index (χ0n) is 10.6. The quantitative estimate of drug-likeness (QED) is 0.872. The first-order valence-electron chi connectivity index (χ1n) is 6.03. The van der Waals surface area contributed by atoms with Crippen molar-refractivity contribution in [1.29, 1.82) is 0 Å². The number of halogens is 2. The average Bonchev–Trinajstić information content (AvgIpc) is 2.88. The largest absolute Gasteiger partial charge is 0.483 e. The molecular weight excluding hydrogens is 268 g/mol. The number of thiophene rings is 1. The predicted octanol–water partition coefficient (Wildman–Crippen LogP) is 3.71. The molecule has 0 bridgehead atoms. The van der Waals surface area contributed by atoms with Crippen molar-refractivity contribution in [2.24, 2.45) is 0 Å². The van der Waals surface area contributed by atoms with Gasteiger partial charge in [0.05, 0.1) is 0 Å². The maximum atomic E-state index is 13.8. The van der Waals surface area contributed by atoms with Crippen molar-refractivity contribution >= 4 is 11.3 Å². The summed E-state index contributed by atoms with van der Waals surface area (Å²) in [7, 11) is 0. The van der Waals surface area contributed by atoms with Crippen LogP contribution in [-0.2, 0) is 13.2 Å². The molecule has 0 aliphatic heterocycles. The molecule has 1 N–H and O–H groups in total. The number of hydrogen-bond acceptors (Lipinski definition) is 3. The molecule has 1 aromatic heterocycles. The highest BCUT2D eigenvalue weighted by molar-refractivity contribution is 7.07. The fourth-order valence-corrected chi connectivity index (χ4v) is 2.31. The van der Waals surface area contributed by atoms with E-state index >= 15 is 0 Å². The van der Waals surface area contributed by atoms with E-state index < -0.39 is 11.6 Å². The molecule has 0 saturated heterocycles. The van der Waals surface area contributed by atoms with E-state index in [1.807, 2.05) is 23.8 Å². The van der Waals surface area contributed by atoms with Crippen LogP contribution in [0.2, 0.25) is 0 Å². The van der Waals surface area contributed by atoms with Crippen LogP contribution in [0.25, 0.3) is 0 Å². The highest BCUT2D eigenvalue weighted by atomic mass is 32.1. The summed E-state index contributed by atoms with van der Waals surface area (Å²) in [6, 6.07) is 4.46. The Balaban J connectivity index is 2.08. The second-order valence-electron chi connectivity index (χ2n) is 4.09. The lowest BCUT2D eigenvalue weighted by atomic mass is 10.2. The molecule has 2 rings (SSSR count). The number of hydrogen-bond donors (Lipinski definition) is 1. The number of ether oxygens (including phenoxy) is 1. The van der Waals surface area contributed by atoms with Gasteiger partial charge in [0.1, 0.15) is 6.61 Å².